The molecule has 3 heteroatoms. The van der Waals surface area contributed by atoms with Gasteiger partial charge >= 0.3 is 0 Å². The van der Waals surface area contributed by atoms with Crippen molar-refractivity contribution in [1.82, 2.24) is 4.57 Å². The molecule has 0 unspecified atom stereocenters. The molecule has 3 heterocycles. The lowest BCUT2D eigenvalue weighted by molar-refractivity contribution is -0.659. The first-order valence-corrected chi connectivity index (χ1v) is 13.0. The third kappa shape index (κ3) is 2.87. The highest BCUT2D eigenvalue weighted by molar-refractivity contribution is 6.21. The number of pyridine rings is 1. The quantitative estimate of drug-likeness (QED) is 0.223. The Morgan fingerprint density at radius 2 is 1.42 bits per heavy atom. The third-order valence-electron chi connectivity index (χ3n) is 7.94. The van der Waals surface area contributed by atoms with Crippen LogP contribution in [0.2, 0.25) is 0 Å². The maximum atomic E-state index is 6.65. The van der Waals surface area contributed by atoms with Crippen LogP contribution in [0.4, 0.5) is 0 Å². The van der Waals surface area contributed by atoms with E-state index in [4.69, 9.17) is 4.42 Å². The van der Waals surface area contributed by atoms with Gasteiger partial charge in [0.2, 0.25) is 5.69 Å². The zero-order valence-electron chi connectivity index (χ0n) is 21.3. The molecule has 0 fully saturated rings. The van der Waals surface area contributed by atoms with Gasteiger partial charge in [0.15, 0.2) is 6.20 Å². The molecule has 0 spiro atoms. The first-order valence-electron chi connectivity index (χ1n) is 13.0. The summed E-state index contributed by atoms with van der Waals surface area (Å²) < 4.78 is 11.3. The van der Waals surface area contributed by atoms with Crippen molar-refractivity contribution < 1.29 is 8.98 Å². The Labute approximate surface area is 219 Å². The molecule has 0 saturated carbocycles. The van der Waals surface area contributed by atoms with Crippen LogP contribution in [-0.2, 0) is 7.05 Å². The van der Waals surface area contributed by atoms with Gasteiger partial charge in [-0.05, 0) is 47.5 Å². The molecule has 0 aliphatic rings. The van der Waals surface area contributed by atoms with E-state index in [1.54, 1.807) is 0 Å². The SMILES string of the molecule is Cc1ccc2c(oc3ccc4ccccc4c32)c1-c1cc2c(c[n+]1C)c1ccccc1n2-c1ccccc1. The van der Waals surface area contributed by atoms with Gasteiger partial charge in [-0.15, -0.1) is 0 Å². The third-order valence-corrected chi connectivity index (χ3v) is 7.94. The van der Waals surface area contributed by atoms with Gasteiger partial charge in [0.1, 0.15) is 18.2 Å². The first-order chi connectivity index (χ1) is 18.7. The van der Waals surface area contributed by atoms with E-state index >= 15 is 0 Å². The van der Waals surface area contributed by atoms with Crippen LogP contribution >= 0.6 is 0 Å². The Morgan fingerprint density at radius 1 is 0.658 bits per heavy atom. The summed E-state index contributed by atoms with van der Waals surface area (Å²) in [5.74, 6) is 0. The summed E-state index contributed by atoms with van der Waals surface area (Å²) in [7, 11) is 2.14. The minimum atomic E-state index is 0.924. The van der Waals surface area contributed by atoms with Crippen LogP contribution in [0.15, 0.2) is 120 Å². The number of hydrogen-bond donors (Lipinski definition) is 0. The van der Waals surface area contributed by atoms with Crippen molar-refractivity contribution in [2.24, 2.45) is 7.05 Å². The topological polar surface area (TPSA) is 21.9 Å². The minimum Gasteiger partial charge on any atom is -0.455 e. The largest absolute Gasteiger partial charge is 0.455 e. The average molecular weight is 490 g/mol. The van der Waals surface area contributed by atoms with Crippen LogP contribution in [0, 0.1) is 6.92 Å². The summed E-state index contributed by atoms with van der Waals surface area (Å²) in [6.45, 7) is 2.18. The lowest BCUT2D eigenvalue weighted by atomic mass is 9.98. The molecule has 38 heavy (non-hydrogen) atoms. The van der Waals surface area contributed by atoms with E-state index in [0.29, 0.717) is 0 Å². The van der Waals surface area contributed by atoms with Gasteiger partial charge in [-0.1, -0.05) is 78.9 Å². The van der Waals surface area contributed by atoms with Crippen molar-refractivity contribution in [2.75, 3.05) is 0 Å². The Hall–Kier alpha value is -4.89. The van der Waals surface area contributed by atoms with Crippen LogP contribution in [0.3, 0.4) is 0 Å². The zero-order valence-corrected chi connectivity index (χ0v) is 21.3. The van der Waals surface area contributed by atoms with E-state index in [0.717, 1.165) is 33.5 Å². The minimum absolute atomic E-state index is 0.924. The van der Waals surface area contributed by atoms with Crippen LogP contribution in [-0.4, -0.2) is 4.57 Å². The van der Waals surface area contributed by atoms with Crippen molar-refractivity contribution in [3.8, 4) is 16.9 Å². The second-order valence-electron chi connectivity index (χ2n) is 10.2. The fraction of sp³-hybridized carbons (Fsp3) is 0.0571. The molecule has 3 nitrogen and oxygen atoms in total. The van der Waals surface area contributed by atoms with Gasteiger partial charge < -0.3 is 8.98 Å². The number of rotatable bonds is 2. The smallest absolute Gasteiger partial charge is 0.218 e. The summed E-state index contributed by atoms with van der Waals surface area (Å²) in [5, 5.41) is 7.27. The molecule has 8 aromatic rings. The van der Waals surface area contributed by atoms with Crippen molar-refractivity contribution in [1.29, 1.82) is 0 Å². The summed E-state index contributed by atoms with van der Waals surface area (Å²) >= 11 is 0. The molecule has 3 aromatic heterocycles. The van der Waals surface area contributed by atoms with Crippen molar-refractivity contribution in [3.63, 3.8) is 0 Å². The molecule has 5 aromatic carbocycles. The number of furan rings is 1. The standard InChI is InChI=1S/C35H25N2O/c1-22-16-18-27-34-25-13-7-6-10-23(25)17-19-32(34)38-35(27)33(22)31-20-30-28(21-36(31)2)26-14-8-9-15-29(26)37(30)24-11-4-3-5-12-24/h3-21H,1-2H3/q+1. The van der Waals surface area contributed by atoms with E-state index in [-0.39, 0.29) is 0 Å². The second kappa shape index (κ2) is 7.80. The highest BCUT2D eigenvalue weighted by Crippen LogP contribution is 2.41. The molecule has 0 bridgehead atoms. The summed E-state index contributed by atoms with van der Waals surface area (Å²) in [6, 6.07) is 38.9. The fourth-order valence-corrected chi connectivity index (χ4v) is 6.19. The normalized spacial score (nSPS) is 11.9. The highest BCUT2D eigenvalue weighted by Gasteiger charge is 2.24. The van der Waals surface area contributed by atoms with Gasteiger partial charge in [0.05, 0.1) is 22.0 Å². The number of aromatic nitrogens is 2. The highest BCUT2D eigenvalue weighted by atomic mass is 16.3. The van der Waals surface area contributed by atoms with Crippen LogP contribution in [0.25, 0.3) is 71.5 Å². The maximum absolute atomic E-state index is 6.65. The molecular formula is C35H25N2O+. The van der Waals surface area contributed by atoms with Gasteiger partial charge in [0, 0.05) is 27.9 Å². The molecule has 0 radical (unpaired) electrons. The summed E-state index contributed by atoms with van der Waals surface area (Å²) in [6.07, 6.45) is 2.27. The molecule has 8 rings (SSSR count). The van der Waals surface area contributed by atoms with Gasteiger partial charge in [-0.25, -0.2) is 4.57 Å². The molecule has 0 N–H and O–H groups in total. The van der Waals surface area contributed by atoms with Crippen molar-refractivity contribution in [2.45, 2.75) is 6.92 Å². The molecule has 0 saturated heterocycles. The van der Waals surface area contributed by atoms with Crippen LogP contribution in [0.5, 0.6) is 0 Å². The lowest BCUT2D eigenvalue weighted by Crippen LogP contribution is -2.30. The van der Waals surface area contributed by atoms with Gasteiger partial charge in [0.25, 0.3) is 0 Å². The molecule has 180 valence electrons. The van der Waals surface area contributed by atoms with Crippen LogP contribution in [0.1, 0.15) is 5.56 Å². The second-order valence-corrected chi connectivity index (χ2v) is 10.2. The molecule has 0 aliphatic carbocycles. The fourth-order valence-electron chi connectivity index (χ4n) is 6.19. The van der Waals surface area contributed by atoms with E-state index in [1.165, 1.54) is 43.5 Å². The number of aryl methyl sites for hydroxylation is 2. The summed E-state index contributed by atoms with van der Waals surface area (Å²) in [4.78, 5) is 0. The maximum Gasteiger partial charge on any atom is 0.218 e. The number of para-hydroxylation sites is 2. The van der Waals surface area contributed by atoms with Crippen molar-refractivity contribution >= 4 is 54.5 Å². The van der Waals surface area contributed by atoms with Gasteiger partial charge in [-0.2, -0.15) is 0 Å². The lowest BCUT2D eigenvalue weighted by Gasteiger charge is -2.09. The van der Waals surface area contributed by atoms with E-state index in [2.05, 4.69) is 138 Å². The molecule has 0 amide bonds. The predicted molar refractivity (Wildman–Crippen MR) is 157 cm³/mol. The Morgan fingerprint density at radius 3 is 2.29 bits per heavy atom. The number of fused-ring (bicyclic) bond motifs is 8. The van der Waals surface area contributed by atoms with E-state index in [9.17, 15) is 0 Å². The van der Waals surface area contributed by atoms with Crippen molar-refractivity contribution in [3.05, 3.63) is 121 Å². The number of hydrogen-bond acceptors (Lipinski definition) is 1. The Kier molecular flexibility index (Phi) is 4.36. The van der Waals surface area contributed by atoms with Gasteiger partial charge in [-0.3, -0.25) is 0 Å². The molecule has 0 atom stereocenters. The van der Waals surface area contributed by atoms with Crippen LogP contribution < -0.4 is 4.57 Å². The molecule has 0 aliphatic heterocycles. The van der Waals surface area contributed by atoms with E-state index in [1.807, 2.05) is 0 Å². The monoisotopic (exact) mass is 489 g/mol. The zero-order chi connectivity index (χ0) is 25.4. The predicted octanol–water partition coefficient (Wildman–Crippen LogP) is 8.64. The first kappa shape index (κ1) is 21.2. The van der Waals surface area contributed by atoms with E-state index < -0.39 is 0 Å². The Bertz CT molecular complexity index is 2200. The summed E-state index contributed by atoms with van der Waals surface area (Å²) in [5.41, 5.74) is 8.86. The molecular weight excluding hydrogens is 464 g/mol. The number of nitrogens with zero attached hydrogens (tertiary/aromatic N) is 2. The number of benzene rings is 5. The average Bonchev–Trinajstić information content (AvgIpc) is 3.49. The Balaban J connectivity index is 1.50.